The molecule has 3 N–H and O–H groups in total. The van der Waals surface area contributed by atoms with Crippen molar-refractivity contribution >= 4 is 0 Å². The van der Waals surface area contributed by atoms with E-state index in [1.807, 2.05) is 0 Å². The van der Waals surface area contributed by atoms with Crippen LogP contribution in [-0.2, 0) is 4.74 Å². The highest BCUT2D eigenvalue weighted by Gasteiger charge is 2.32. The van der Waals surface area contributed by atoms with Crippen LogP contribution in [-0.4, -0.2) is 31.8 Å². The van der Waals surface area contributed by atoms with Crippen molar-refractivity contribution in [3.8, 4) is 0 Å². The summed E-state index contributed by atoms with van der Waals surface area (Å²) >= 11 is 0. The molecule has 0 saturated carbocycles. The van der Waals surface area contributed by atoms with Gasteiger partial charge in [-0.25, -0.2) is 0 Å². The maximum absolute atomic E-state index is 5.72. The van der Waals surface area contributed by atoms with Gasteiger partial charge in [-0.2, -0.15) is 0 Å². The van der Waals surface area contributed by atoms with Crippen LogP contribution in [0.25, 0.3) is 0 Å². The smallest absolute Gasteiger partial charge is 0.0642 e. The summed E-state index contributed by atoms with van der Waals surface area (Å²) in [5.41, 5.74) is 5.84. The van der Waals surface area contributed by atoms with Gasteiger partial charge in [-0.15, -0.1) is 0 Å². The Morgan fingerprint density at radius 1 is 1.80 bits per heavy atom. The third kappa shape index (κ3) is 1.68. The van der Waals surface area contributed by atoms with Crippen molar-refractivity contribution in [3.05, 3.63) is 0 Å². The number of nitrogens with two attached hydrogens (primary N) is 1. The quantitative estimate of drug-likeness (QED) is 0.560. The first kappa shape index (κ1) is 7.98. The third-order valence-electron chi connectivity index (χ3n) is 1.97. The normalized spacial score (nSPS) is 40.5. The molecule has 1 fully saturated rings. The molecule has 0 aromatic rings. The molecule has 10 heavy (non-hydrogen) atoms. The minimum absolute atomic E-state index is 0.119. The van der Waals surface area contributed by atoms with Crippen LogP contribution >= 0.6 is 0 Å². The Morgan fingerprint density at radius 3 is 2.90 bits per heavy atom. The molecule has 1 aliphatic heterocycles. The Morgan fingerprint density at radius 2 is 2.50 bits per heavy atom. The van der Waals surface area contributed by atoms with Crippen molar-refractivity contribution in [3.63, 3.8) is 0 Å². The first-order valence-electron chi connectivity index (χ1n) is 3.66. The molecule has 3 nitrogen and oxygen atoms in total. The van der Waals surface area contributed by atoms with Crippen LogP contribution in [0.3, 0.4) is 0 Å². The number of hydrogen-bond acceptors (Lipinski definition) is 3. The number of ether oxygens (including phenoxy) is 1. The second-order valence-electron chi connectivity index (χ2n) is 3.34. The first-order chi connectivity index (χ1) is 4.66. The Balaban J connectivity index is 2.38. The van der Waals surface area contributed by atoms with Gasteiger partial charge >= 0.3 is 0 Å². The van der Waals surface area contributed by atoms with Crippen molar-refractivity contribution in [1.82, 2.24) is 5.32 Å². The lowest BCUT2D eigenvalue weighted by Gasteiger charge is -2.22. The second kappa shape index (κ2) is 2.86. The van der Waals surface area contributed by atoms with E-state index in [0.717, 1.165) is 19.6 Å². The summed E-state index contributed by atoms with van der Waals surface area (Å²) in [7, 11) is 1.72. The Labute approximate surface area is 61.9 Å². The average molecular weight is 144 g/mol. The van der Waals surface area contributed by atoms with E-state index in [2.05, 4.69) is 12.2 Å². The maximum Gasteiger partial charge on any atom is 0.0642 e. The fourth-order valence-electron chi connectivity index (χ4n) is 1.53. The molecule has 0 spiro atoms. The van der Waals surface area contributed by atoms with Gasteiger partial charge < -0.3 is 15.8 Å². The van der Waals surface area contributed by atoms with Crippen molar-refractivity contribution in [2.45, 2.75) is 24.9 Å². The van der Waals surface area contributed by atoms with Crippen LogP contribution in [0, 0.1) is 0 Å². The van der Waals surface area contributed by atoms with Crippen molar-refractivity contribution in [1.29, 1.82) is 0 Å². The van der Waals surface area contributed by atoms with Crippen LogP contribution in [0.15, 0.2) is 0 Å². The molecule has 0 radical (unpaired) electrons. The Hall–Kier alpha value is -0.120. The number of rotatable bonds is 2. The Kier molecular flexibility index (Phi) is 2.28. The highest BCUT2D eigenvalue weighted by Crippen LogP contribution is 2.17. The summed E-state index contributed by atoms with van der Waals surface area (Å²) in [6.45, 7) is 3.81. The molecule has 2 atom stereocenters. The van der Waals surface area contributed by atoms with Gasteiger partial charge in [0.15, 0.2) is 0 Å². The molecule has 0 aromatic heterocycles. The maximum atomic E-state index is 5.72. The van der Waals surface area contributed by atoms with Gasteiger partial charge in [0.2, 0.25) is 0 Å². The van der Waals surface area contributed by atoms with Gasteiger partial charge in [0, 0.05) is 25.2 Å². The minimum Gasteiger partial charge on any atom is -0.383 e. The molecule has 0 amide bonds. The largest absolute Gasteiger partial charge is 0.383 e. The minimum atomic E-state index is 0.119. The molecule has 0 aliphatic carbocycles. The summed E-state index contributed by atoms with van der Waals surface area (Å²) in [5, 5.41) is 3.33. The molecule has 2 unspecified atom stereocenters. The molecule has 0 aromatic carbocycles. The summed E-state index contributed by atoms with van der Waals surface area (Å²) in [5.74, 6) is 0. The van der Waals surface area contributed by atoms with Gasteiger partial charge in [-0.05, 0) is 13.3 Å². The number of hydrogen-bond donors (Lipinski definition) is 2. The number of methoxy groups -OCH3 is 1. The number of nitrogens with one attached hydrogen (secondary N) is 1. The van der Waals surface area contributed by atoms with Crippen LogP contribution in [0.2, 0.25) is 0 Å². The van der Waals surface area contributed by atoms with Crippen LogP contribution in [0.5, 0.6) is 0 Å². The lowest BCUT2D eigenvalue weighted by molar-refractivity contribution is 0.129. The van der Waals surface area contributed by atoms with E-state index in [9.17, 15) is 0 Å². The van der Waals surface area contributed by atoms with E-state index in [1.54, 1.807) is 7.11 Å². The fraction of sp³-hybridized carbons (Fsp3) is 1.00. The zero-order valence-corrected chi connectivity index (χ0v) is 6.68. The lowest BCUT2D eigenvalue weighted by atomic mass is 10.0. The molecular weight excluding hydrogens is 128 g/mol. The zero-order chi connectivity index (χ0) is 7.61. The predicted octanol–water partition coefficient (Wildman–Crippen LogP) is -0.288. The van der Waals surface area contributed by atoms with Gasteiger partial charge in [-0.3, -0.25) is 0 Å². The first-order valence-corrected chi connectivity index (χ1v) is 3.66. The lowest BCUT2D eigenvalue weighted by Crippen LogP contribution is -2.40. The van der Waals surface area contributed by atoms with E-state index in [4.69, 9.17) is 10.5 Å². The van der Waals surface area contributed by atoms with Gasteiger partial charge in [0.25, 0.3) is 0 Å². The standard InChI is InChI=1S/C7H16N2O/c1-7(5-10-2)3-6(8)4-9-7/h6,9H,3-5,8H2,1-2H3. The molecule has 3 heteroatoms. The predicted molar refractivity (Wildman–Crippen MR) is 40.9 cm³/mol. The van der Waals surface area contributed by atoms with E-state index in [0.29, 0.717) is 6.04 Å². The summed E-state index contributed by atoms with van der Waals surface area (Å²) in [6, 6.07) is 0.306. The van der Waals surface area contributed by atoms with Crippen LogP contribution in [0.4, 0.5) is 0 Å². The van der Waals surface area contributed by atoms with E-state index in [1.165, 1.54) is 0 Å². The van der Waals surface area contributed by atoms with Crippen molar-refractivity contribution in [2.75, 3.05) is 20.3 Å². The highest BCUT2D eigenvalue weighted by atomic mass is 16.5. The average Bonchev–Trinajstić information content (AvgIpc) is 2.12. The van der Waals surface area contributed by atoms with Crippen LogP contribution in [0.1, 0.15) is 13.3 Å². The van der Waals surface area contributed by atoms with Gasteiger partial charge in [0.1, 0.15) is 0 Å². The second-order valence-corrected chi connectivity index (χ2v) is 3.34. The highest BCUT2D eigenvalue weighted by molar-refractivity contribution is 4.94. The topological polar surface area (TPSA) is 47.3 Å². The zero-order valence-electron chi connectivity index (χ0n) is 6.68. The van der Waals surface area contributed by atoms with Crippen molar-refractivity contribution < 1.29 is 4.74 Å². The summed E-state index contributed by atoms with van der Waals surface area (Å²) in [6.07, 6.45) is 1.01. The third-order valence-corrected chi connectivity index (χ3v) is 1.97. The molecular formula is C7H16N2O. The molecule has 1 heterocycles. The monoisotopic (exact) mass is 144 g/mol. The summed E-state index contributed by atoms with van der Waals surface area (Å²) in [4.78, 5) is 0. The van der Waals surface area contributed by atoms with Gasteiger partial charge in [0.05, 0.1) is 6.61 Å². The SMILES string of the molecule is COCC1(C)CC(N)CN1. The Bertz CT molecular complexity index is 114. The van der Waals surface area contributed by atoms with Gasteiger partial charge in [-0.1, -0.05) is 0 Å². The van der Waals surface area contributed by atoms with E-state index >= 15 is 0 Å². The van der Waals surface area contributed by atoms with Crippen molar-refractivity contribution in [2.24, 2.45) is 5.73 Å². The molecule has 1 saturated heterocycles. The van der Waals surface area contributed by atoms with E-state index < -0.39 is 0 Å². The molecule has 1 rings (SSSR count). The van der Waals surface area contributed by atoms with Crippen LogP contribution < -0.4 is 11.1 Å². The molecule has 0 bridgehead atoms. The summed E-state index contributed by atoms with van der Waals surface area (Å²) < 4.78 is 5.06. The molecule has 60 valence electrons. The molecule has 1 aliphatic rings. The van der Waals surface area contributed by atoms with E-state index in [-0.39, 0.29) is 5.54 Å². The fourth-order valence-corrected chi connectivity index (χ4v) is 1.53.